The molecule has 0 radical (unpaired) electrons. The molecule has 1 unspecified atom stereocenters. The van der Waals surface area contributed by atoms with Gasteiger partial charge in [-0.15, -0.1) is 0 Å². The number of aromatic amines is 1. The van der Waals surface area contributed by atoms with Crippen molar-refractivity contribution in [1.29, 1.82) is 5.26 Å². The Hall–Kier alpha value is -3.76. The van der Waals surface area contributed by atoms with Crippen LogP contribution in [0.5, 0.6) is 11.5 Å². The van der Waals surface area contributed by atoms with Gasteiger partial charge in [-0.05, 0) is 42.3 Å². The van der Waals surface area contributed by atoms with Crippen molar-refractivity contribution in [3.05, 3.63) is 59.6 Å². The Balaban J connectivity index is 1.17. The molecule has 32 heavy (non-hydrogen) atoms. The molecule has 0 saturated carbocycles. The number of nitriles is 1. The first kappa shape index (κ1) is 19.0. The first-order valence-electron chi connectivity index (χ1n) is 10.8. The number of oxazole rings is 1. The topological polar surface area (TPSA) is 87.3 Å². The summed E-state index contributed by atoms with van der Waals surface area (Å²) in [5.74, 6) is 1.98. The highest BCUT2D eigenvalue weighted by Gasteiger charge is 2.28. The largest absolute Gasteiger partial charge is 0.486 e. The van der Waals surface area contributed by atoms with Gasteiger partial charge in [0.15, 0.2) is 11.6 Å². The highest BCUT2D eigenvalue weighted by Crippen LogP contribution is 2.39. The van der Waals surface area contributed by atoms with E-state index >= 15 is 0 Å². The lowest BCUT2D eigenvalue weighted by Gasteiger charge is -2.32. The Kier molecular flexibility index (Phi) is 4.40. The molecule has 160 valence electrons. The number of benzene rings is 2. The van der Waals surface area contributed by atoms with Crippen LogP contribution in [0.3, 0.4) is 0 Å². The highest BCUT2D eigenvalue weighted by molar-refractivity contribution is 5.93. The number of hydrogen-bond donors (Lipinski definition) is 1. The van der Waals surface area contributed by atoms with E-state index in [1.807, 2.05) is 43.5 Å². The predicted octanol–water partition coefficient (Wildman–Crippen LogP) is 4.42. The fourth-order valence-electron chi connectivity index (χ4n) is 4.63. The van der Waals surface area contributed by atoms with Gasteiger partial charge in [-0.25, -0.2) is 4.98 Å². The molecule has 7 nitrogen and oxygen atoms in total. The lowest BCUT2D eigenvalue weighted by atomic mass is 9.98. The molecule has 2 aromatic carbocycles. The van der Waals surface area contributed by atoms with Gasteiger partial charge < -0.3 is 18.9 Å². The van der Waals surface area contributed by atoms with Crippen molar-refractivity contribution in [2.24, 2.45) is 0 Å². The second kappa shape index (κ2) is 7.43. The summed E-state index contributed by atoms with van der Waals surface area (Å²) in [6, 6.07) is 11.8. The van der Waals surface area contributed by atoms with Crippen molar-refractivity contribution in [2.45, 2.75) is 19.4 Å². The van der Waals surface area contributed by atoms with E-state index < -0.39 is 0 Å². The van der Waals surface area contributed by atoms with Crippen LogP contribution in [0.1, 0.15) is 23.4 Å². The van der Waals surface area contributed by atoms with E-state index in [-0.39, 0.29) is 6.10 Å². The molecule has 6 rings (SSSR count). The van der Waals surface area contributed by atoms with E-state index in [0.717, 1.165) is 42.5 Å². The summed E-state index contributed by atoms with van der Waals surface area (Å²) in [6.45, 7) is 4.91. The minimum atomic E-state index is -0.0697. The van der Waals surface area contributed by atoms with Gasteiger partial charge in [0, 0.05) is 49.2 Å². The summed E-state index contributed by atoms with van der Waals surface area (Å²) in [6.07, 6.45) is 5.20. The Bertz CT molecular complexity index is 1410. The fraction of sp³-hybridized carbons (Fsp3) is 0.280. The number of aryl methyl sites for hydroxylation is 1. The number of rotatable bonds is 3. The monoisotopic (exact) mass is 426 g/mol. The van der Waals surface area contributed by atoms with Crippen LogP contribution in [-0.4, -0.2) is 47.2 Å². The summed E-state index contributed by atoms with van der Waals surface area (Å²) >= 11 is 0. The lowest BCUT2D eigenvalue weighted by molar-refractivity contribution is 0.0621. The van der Waals surface area contributed by atoms with Crippen LogP contribution >= 0.6 is 0 Å². The molecule has 0 spiro atoms. The zero-order valence-corrected chi connectivity index (χ0v) is 17.7. The van der Waals surface area contributed by atoms with Crippen molar-refractivity contribution < 1.29 is 13.9 Å². The second-order valence-corrected chi connectivity index (χ2v) is 8.34. The zero-order valence-electron chi connectivity index (χ0n) is 17.7. The van der Waals surface area contributed by atoms with Crippen LogP contribution in [0.15, 0.2) is 47.0 Å². The first-order chi connectivity index (χ1) is 15.7. The minimum absolute atomic E-state index is 0.0697. The highest BCUT2D eigenvalue weighted by atomic mass is 16.6. The maximum absolute atomic E-state index is 9.23. The van der Waals surface area contributed by atoms with Crippen LogP contribution in [0.4, 0.5) is 0 Å². The standard InChI is InChI=1S/C25H22N4O3/c1-15-28-22-4-5-23-25(24(22)31-15)32-18(14-30-23)13-29-8-6-17(7-9-29)20-12-27-21-3-2-16(11-26)10-19(20)21/h2-6,10,12,18,27H,7-9,13-14H2,1H3. The molecule has 7 heteroatoms. The third-order valence-electron chi connectivity index (χ3n) is 6.20. The van der Waals surface area contributed by atoms with Gasteiger partial charge in [0.25, 0.3) is 0 Å². The molecule has 2 aliphatic heterocycles. The van der Waals surface area contributed by atoms with Crippen LogP contribution in [0.25, 0.3) is 27.6 Å². The van der Waals surface area contributed by atoms with Gasteiger partial charge in [0.1, 0.15) is 18.2 Å². The van der Waals surface area contributed by atoms with Gasteiger partial charge in [-0.3, -0.25) is 4.90 Å². The predicted molar refractivity (Wildman–Crippen MR) is 121 cm³/mol. The SMILES string of the molecule is Cc1nc2ccc3c(c2o1)OC(CN1CC=C(c2c[nH]c4ccc(C#N)cc24)CC1)CO3. The summed E-state index contributed by atoms with van der Waals surface area (Å²) in [7, 11) is 0. The third kappa shape index (κ3) is 3.20. The molecule has 1 atom stereocenters. The molecule has 0 amide bonds. The Morgan fingerprint density at radius 3 is 3.06 bits per heavy atom. The average Bonchev–Trinajstić information content (AvgIpc) is 3.42. The third-order valence-corrected chi connectivity index (χ3v) is 6.20. The molecule has 0 bridgehead atoms. The van der Waals surface area contributed by atoms with Crippen molar-refractivity contribution in [3.8, 4) is 17.6 Å². The number of H-pyrrole nitrogens is 1. The molecule has 2 aromatic heterocycles. The second-order valence-electron chi connectivity index (χ2n) is 8.34. The van der Waals surface area contributed by atoms with Crippen LogP contribution in [0, 0.1) is 18.3 Å². The first-order valence-corrected chi connectivity index (χ1v) is 10.8. The van der Waals surface area contributed by atoms with Gasteiger partial charge in [0.05, 0.1) is 11.6 Å². The number of hydrogen-bond acceptors (Lipinski definition) is 6. The minimum Gasteiger partial charge on any atom is -0.486 e. The fourth-order valence-corrected chi connectivity index (χ4v) is 4.63. The van der Waals surface area contributed by atoms with Crippen LogP contribution in [0.2, 0.25) is 0 Å². The Morgan fingerprint density at radius 2 is 2.22 bits per heavy atom. The molecular weight excluding hydrogens is 404 g/mol. The van der Waals surface area contributed by atoms with E-state index in [0.29, 0.717) is 35.1 Å². The normalized spacial score (nSPS) is 18.6. The number of nitrogens with one attached hydrogen (secondary N) is 1. The quantitative estimate of drug-likeness (QED) is 0.522. The van der Waals surface area contributed by atoms with Gasteiger partial charge in [-0.1, -0.05) is 6.08 Å². The smallest absolute Gasteiger partial charge is 0.207 e. The molecule has 0 saturated heterocycles. The van der Waals surface area contributed by atoms with E-state index in [4.69, 9.17) is 13.9 Å². The van der Waals surface area contributed by atoms with E-state index in [2.05, 4.69) is 27.0 Å². The van der Waals surface area contributed by atoms with Gasteiger partial charge in [0.2, 0.25) is 11.3 Å². The molecule has 0 fully saturated rings. The van der Waals surface area contributed by atoms with Crippen LogP contribution < -0.4 is 9.47 Å². The number of aromatic nitrogens is 2. The summed E-state index contributed by atoms with van der Waals surface area (Å²) in [4.78, 5) is 10.1. The van der Waals surface area contributed by atoms with Crippen molar-refractivity contribution in [2.75, 3.05) is 26.2 Å². The number of fused-ring (bicyclic) bond motifs is 4. The van der Waals surface area contributed by atoms with Crippen molar-refractivity contribution in [3.63, 3.8) is 0 Å². The zero-order chi connectivity index (χ0) is 21.7. The molecule has 2 aliphatic rings. The Labute approximate surface area is 184 Å². The summed E-state index contributed by atoms with van der Waals surface area (Å²) in [5, 5.41) is 10.3. The summed E-state index contributed by atoms with van der Waals surface area (Å²) in [5.41, 5.74) is 5.68. The van der Waals surface area contributed by atoms with E-state index in [9.17, 15) is 5.26 Å². The maximum Gasteiger partial charge on any atom is 0.207 e. The van der Waals surface area contributed by atoms with Gasteiger partial charge >= 0.3 is 0 Å². The van der Waals surface area contributed by atoms with Crippen molar-refractivity contribution >= 4 is 27.6 Å². The lowest BCUT2D eigenvalue weighted by Crippen LogP contribution is -2.42. The number of nitrogens with zero attached hydrogens (tertiary/aromatic N) is 3. The Morgan fingerprint density at radius 1 is 1.28 bits per heavy atom. The van der Waals surface area contributed by atoms with Crippen molar-refractivity contribution in [1.82, 2.24) is 14.9 Å². The molecule has 4 aromatic rings. The van der Waals surface area contributed by atoms with Gasteiger partial charge in [-0.2, -0.15) is 5.26 Å². The van der Waals surface area contributed by atoms with Crippen LogP contribution in [-0.2, 0) is 0 Å². The van der Waals surface area contributed by atoms with E-state index in [1.165, 1.54) is 11.1 Å². The molecule has 4 heterocycles. The average molecular weight is 426 g/mol. The summed E-state index contributed by atoms with van der Waals surface area (Å²) < 4.78 is 18.0. The molecule has 0 aliphatic carbocycles. The van der Waals surface area contributed by atoms with E-state index in [1.54, 1.807) is 0 Å². The molecule has 1 N–H and O–H groups in total. The molecular formula is C25H22N4O3. The maximum atomic E-state index is 9.23. The number of ether oxygens (including phenoxy) is 2.